The van der Waals surface area contributed by atoms with E-state index in [2.05, 4.69) is 21.4 Å². The van der Waals surface area contributed by atoms with Crippen molar-refractivity contribution in [3.8, 4) is 6.07 Å². The zero-order valence-electron chi connectivity index (χ0n) is 10.0. The molecule has 18 heavy (non-hydrogen) atoms. The zero-order chi connectivity index (χ0) is 12.5. The summed E-state index contributed by atoms with van der Waals surface area (Å²) in [6.07, 6.45) is 3.84. The molecule has 2 aromatic heterocycles. The average Bonchev–Trinajstić information content (AvgIpc) is 2.85. The van der Waals surface area contributed by atoms with Gasteiger partial charge in [0.1, 0.15) is 17.3 Å². The SMILES string of the molecule is Cc1onc(Cc2nc(C3CCC3)no2)c1C#N. The van der Waals surface area contributed by atoms with Gasteiger partial charge in [0.2, 0.25) is 5.89 Å². The molecule has 1 saturated carbocycles. The number of aryl methyl sites for hydroxylation is 1. The van der Waals surface area contributed by atoms with Gasteiger partial charge in [0, 0.05) is 5.92 Å². The molecule has 1 aliphatic carbocycles. The zero-order valence-corrected chi connectivity index (χ0v) is 10.0. The van der Waals surface area contributed by atoms with E-state index in [1.807, 2.05) is 0 Å². The standard InChI is InChI=1S/C12H12N4O2/c1-7-9(6-13)10(15-17-7)5-11-14-12(16-18-11)8-3-2-4-8/h8H,2-5H2,1H3. The highest BCUT2D eigenvalue weighted by molar-refractivity contribution is 5.36. The number of nitriles is 1. The van der Waals surface area contributed by atoms with Crippen molar-refractivity contribution in [1.29, 1.82) is 5.26 Å². The molecule has 0 spiro atoms. The van der Waals surface area contributed by atoms with Crippen LogP contribution < -0.4 is 0 Å². The summed E-state index contributed by atoms with van der Waals surface area (Å²) in [6, 6.07) is 2.07. The van der Waals surface area contributed by atoms with E-state index in [4.69, 9.17) is 14.3 Å². The number of hydrogen-bond donors (Lipinski definition) is 0. The molecule has 92 valence electrons. The quantitative estimate of drug-likeness (QED) is 0.821. The Labute approximate surface area is 104 Å². The van der Waals surface area contributed by atoms with Gasteiger partial charge in [0.05, 0.1) is 6.42 Å². The summed E-state index contributed by atoms with van der Waals surface area (Å²) in [5, 5.41) is 16.8. The van der Waals surface area contributed by atoms with Crippen molar-refractivity contribution in [1.82, 2.24) is 15.3 Å². The second-order valence-electron chi connectivity index (χ2n) is 4.52. The summed E-state index contributed by atoms with van der Waals surface area (Å²) < 4.78 is 10.2. The fourth-order valence-corrected chi connectivity index (χ4v) is 2.00. The summed E-state index contributed by atoms with van der Waals surface area (Å²) in [4.78, 5) is 4.34. The topological polar surface area (TPSA) is 88.7 Å². The lowest BCUT2D eigenvalue weighted by Crippen LogP contribution is -2.10. The highest BCUT2D eigenvalue weighted by atomic mass is 16.5. The summed E-state index contributed by atoms with van der Waals surface area (Å²) >= 11 is 0. The first-order valence-corrected chi connectivity index (χ1v) is 5.95. The first-order valence-electron chi connectivity index (χ1n) is 5.95. The fraction of sp³-hybridized carbons (Fsp3) is 0.500. The monoisotopic (exact) mass is 244 g/mol. The van der Waals surface area contributed by atoms with Crippen LogP contribution in [0.1, 0.15) is 53.9 Å². The smallest absolute Gasteiger partial charge is 0.232 e. The highest BCUT2D eigenvalue weighted by Crippen LogP contribution is 2.34. The molecule has 1 fully saturated rings. The van der Waals surface area contributed by atoms with E-state index < -0.39 is 0 Å². The minimum Gasteiger partial charge on any atom is -0.360 e. The second-order valence-corrected chi connectivity index (χ2v) is 4.52. The van der Waals surface area contributed by atoms with Crippen LogP contribution in [0.15, 0.2) is 9.05 Å². The van der Waals surface area contributed by atoms with Crippen LogP contribution in [0.5, 0.6) is 0 Å². The van der Waals surface area contributed by atoms with Crippen LogP contribution in [-0.4, -0.2) is 15.3 Å². The van der Waals surface area contributed by atoms with Crippen LogP contribution in [-0.2, 0) is 6.42 Å². The van der Waals surface area contributed by atoms with E-state index in [9.17, 15) is 0 Å². The molecular weight excluding hydrogens is 232 g/mol. The Balaban J connectivity index is 1.79. The van der Waals surface area contributed by atoms with Crippen LogP contribution in [0.3, 0.4) is 0 Å². The van der Waals surface area contributed by atoms with Crippen LogP contribution in [0.2, 0.25) is 0 Å². The number of hydrogen-bond acceptors (Lipinski definition) is 6. The molecule has 2 heterocycles. The largest absolute Gasteiger partial charge is 0.360 e. The van der Waals surface area contributed by atoms with E-state index in [0.717, 1.165) is 18.7 Å². The molecule has 0 radical (unpaired) electrons. The van der Waals surface area contributed by atoms with E-state index in [1.54, 1.807) is 6.92 Å². The van der Waals surface area contributed by atoms with Gasteiger partial charge in [-0.3, -0.25) is 0 Å². The number of rotatable bonds is 3. The Bertz CT molecular complexity index is 604. The maximum absolute atomic E-state index is 8.99. The summed E-state index contributed by atoms with van der Waals surface area (Å²) in [5.41, 5.74) is 1.01. The summed E-state index contributed by atoms with van der Waals surface area (Å²) in [7, 11) is 0. The molecule has 0 bridgehead atoms. The maximum Gasteiger partial charge on any atom is 0.232 e. The van der Waals surface area contributed by atoms with Crippen molar-refractivity contribution in [3.63, 3.8) is 0 Å². The molecule has 6 nitrogen and oxygen atoms in total. The van der Waals surface area contributed by atoms with Crippen molar-refractivity contribution >= 4 is 0 Å². The highest BCUT2D eigenvalue weighted by Gasteiger charge is 2.25. The lowest BCUT2D eigenvalue weighted by atomic mass is 9.85. The Hall–Kier alpha value is -2.16. The van der Waals surface area contributed by atoms with Gasteiger partial charge in [-0.05, 0) is 19.8 Å². The van der Waals surface area contributed by atoms with Gasteiger partial charge in [0.15, 0.2) is 11.6 Å². The predicted octanol–water partition coefficient (Wildman–Crippen LogP) is 2.10. The summed E-state index contributed by atoms with van der Waals surface area (Å²) in [5.74, 6) is 2.22. The van der Waals surface area contributed by atoms with Crippen molar-refractivity contribution < 1.29 is 9.05 Å². The fourth-order valence-electron chi connectivity index (χ4n) is 2.00. The third-order valence-corrected chi connectivity index (χ3v) is 3.32. The van der Waals surface area contributed by atoms with E-state index >= 15 is 0 Å². The van der Waals surface area contributed by atoms with Gasteiger partial charge in [-0.15, -0.1) is 0 Å². The van der Waals surface area contributed by atoms with Crippen molar-refractivity contribution in [2.45, 2.75) is 38.5 Å². The molecular formula is C12H12N4O2. The van der Waals surface area contributed by atoms with E-state index in [0.29, 0.717) is 35.2 Å². The van der Waals surface area contributed by atoms with Crippen LogP contribution in [0.25, 0.3) is 0 Å². The normalized spacial score (nSPS) is 15.3. The van der Waals surface area contributed by atoms with Gasteiger partial charge in [0.25, 0.3) is 0 Å². The average molecular weight is 244 g/mol. The number of nitrogens with zero attached hydrogens (tertiary/aromatic N) is 4. The molecule has 0 atom stereocenters. The first kappa shape index (κ1) is 11.0. The third kappa shape index (κ3) is 1.78. The van der Waals surface area contributed by atoms with Crippen LogP contribution >= 0.6 is 0 Å². The number of aromatic nitrogens is 3. The maximum atomic E-state index is 8.99. The van der Waals surface area contributed by atoms with E-state index in [1.165, 1.54) is 6.42 Å². The molecule has 0 aliphatic heterocycles. The molecule has 3 rings (SSSR count). The minimum atomic E-state index is 0.347. The van der Waals surface area contributed by atoms with E-state index in [-0.39, 0.29) is 0 Å². The molecule has 6 heteroatoms. The first-order chi connectivity index (χ1) is 8.78. The molecule has 0 aromatic carbocycles. The van der Waals surface area contributed by atoms with Crippen molar-refractivity contribution in [2.24, 2.45) is 0 Å². The Morgan fingerprint density at radius 3 is 2.83 bits per heavy atom. The molecule has 2 aromatic rings. The second kappa shape index (κ2) is 4.26. The van der Waals surface area contributed by atoms with Gasteiger partial charge < -0.3 is 9.05 Å². The van der Waals surface area contributed by atoms with Crippen molar-refractivity contribution in [3.05, 3.63) is 28.7 Å². The Kier molecular flexibility index (Phi) is 2.59. The lowest BCUT2D eigenvalue weighted by molar-refractivity contribution is 0.347. The van der Waals surface area contributed by atoms with Gasteiger partial charge in [-0.25, -0.2) is 0 Å². The van der Waals surface area contributed by atoms with Gasteiger partial charge in [-0.1, -0.05) is 16.7 Å². The van der Waals surface area contributed by atoms with Gasteiger partial charge in [-0.2, -0.15) is 10.2 Å². The van der Waals surface area contributed by atoms with Crippen LogP contribution in [0.4, 0.5) is 0 Å². The molecule has 1 aliphatic rings. The predicted molar refractivity (Wildman–Crippen MR) is 59.7 cm³/mol. The minimum absolute atomic E-state index is 0.347. The lowest BCUT2D eigenvalue weighted by Gasteiger charge is -2.20. The Morgan fingerprint density at radius 1 is 1.33 bits per heavy atom. The Morgan fingerprint density at radius 2 is 2.17 bits per heavy atom. The van der Waals surface area contributed by atoms with Crippen molar-refractivity contribution in [2.75, 3.05) is 0 Å². The van der Waals surface area contributed by atoms with Crippen LogP contribution in [0, 0.1) is 18.3 Å². The molecule has 0 N–H and O–H groups in total. The summed E-state index contributed by atoms with van der Waals surface area (Å²) in [6.45, 7) is 1.71. The van der Waals surface area contributed by atoms with Gasteiger partial charge >= 0.3 is 0 Å². The molecule has 0 amide bonds. The molecule has 0 unspecified atom stereocenters. The third-order valence-electron chi connectivity index (χ3n) is 3.32. The molecule has 0 saturated heterocycles.